The van der Waals surface area contributed by atoms with Crippen LogP contribution in [0.3, 0.4) is 0 Å². The summed E-state index contributed by atoms with van der Waals surface area (Å²) in [4.78, 5) is 20.2. The Kier molecular flexibility index (Phi) is 4.28. The second-order valence-corrected chi connectivity index (χ2v) is 5.74. The van der Waals surface area contributed by atoms with Gasteiger partial charge in [0.2, 0.25) is 0 Å². The van der Waals surface area contributed by atoms with Crippen LogP contribution in [0.5, 0.6) is 0 Å². The van der Waals surface area contributed by atoms with Crippen LogP contribution in [-0.4, -0.2) is 54.2 Å². The lowest BCUT2D eigenvalue weighted by molar-refractivity contribution is 0.0696. The normalized spacial score (nSPS) is 19.3. The molecule has 0 radical (unpaired) electrons. The van der Waals surface area contributed by atoms with Gasteiger partial charge < -0.3 is 14.9 Å². The molecule has 5 heteroatoms. The predicted octanol–water partition coefficient (Wildman–Crippen LogP) is 1.93. The highest BCUT2D eigenvalue weighted by Crippen LogP contribution is 2.24. The van der Waals surface area contributed by atoms with Crippen LogP contribution in [0, 0.1) is 13.8 Å². The Morgan fingerprint density at radius 2 is 2.25 bits per heavy atom. The van der Waals surface area contributed by atoms with Gasteiger partial charge in [0.25, 0.3) is 0 Å². The van der Waals surface area contributed by atoms with Gasteiger partial charge in [0.1, 0.15) is 11.4 Å². The van der Waals surface area contributed by atoms with Crippen molar-refractivity contribution >= 4 is 11.8 Å². The fourth-order valence-corrected chi connectivity index (χ4v) is 2.97. The molecular formula is C15H23N3O2. The molecule has 1 aromatic heterocycles. The van der Waals surface area contributed by atoms with Crippen molar-refractivity contribution in [1.29, 1.82) is 0 Å². The number of likely N-dealkylation sites (tertiary alicyclic amines) is 1. The molecule has 1 atom stereocenters. The lowest BCUT2D eigenvalue weighted by atomic mass is 10.1. The molecule has 5 nitrogen and oxygen atoms in total. The summed E-state index contributed by atoms with van der Waals surface area (Å²) in [6.07, 6.45) is 2.37. The van der Waals surface area contributed by atoms with Gasteiger partial charge in [0.15, 0.2) is 0 Å². The first-order valence-electron chi connectivity index (χ1n) is 7.03. The fourth-order valence-electron chi connectivity index (χ4n) is 2.97. The lowest BCUT2D eigenvalue weighted by Gasteiger charge is -2.28. The van der Waals surface area contributed by atoms with E-state index in [9.17, 15) is 9.90 Å². The monoisotopic (exact) mass is 277 g/mol. The molecule has 0 amide bonds. The minimum atomic E-state index is -0.906. The third kappa shape index (κ3) is 2.93. The highest BCUT2D eigenvalue weighted by atomic mass is 16.4. The van der Waals surface area contributed by atoms with Crippen molar-refractivity contribution in [2.24, 2.45) is 0 Å². The molecule has 1 aliphatic rings. The van der Waals surface area contributed by atoms with Crippen molar-refractivity contribution in [3.63, 3.8) is 0 Å². The molecule has 0 aliphatic carbocycles. The first kappa shape index (κ1) is 14.8. The first-order valence-corrected chi connectivity index (χ1v) is 7.03. The highest BCUT2D eigenvalue weighted by Gasteiger charge is 2.25. The van der Waals surface area contributed by atoms with Crippen LogP contribution < -0.4 is 4.90 Å². The number of aromatic nitrogens is 1. The molecule has 0 saturated carbocycles. The van der Waals surface area contributed by atoms with Crippen LogP contribution in [0.4, 0.5) is 5.82 Å². The number of hydrogen-bond acceptors (Lipinski definition) is 4. The van der Waals surface area contributed by atoms with E-state index in [1.54, 1.807) is 0 Å². The number of aromatic carboxylic acids is 1. The van der Waals surface area contributed by atoms with Gasteiger partial charge in [-0.3, -0.25) is 0 Å². The number of carboxylic acids is 1. The maximum atomic E-state index is 11.5. The number of nitrogens with zero attached hydrogens (tertiary/aromatic N) is 3. The van der Waals surface area contributed by atoms with Crippen molar-refractivity contribution < 1.29 is 9.90 Å². The average Bonchev–Trinajstić information content (AvgIpc) is 2.73. The van der Waals surface area contributed by atoms with Gasteiger partial charge in [0.05, 0.1) is 0 Å². The molecule has 1 fully saturated rings. The van der Waals surface area contributed by atoms with Gasteiger partial charge in [-0.15, -0.1) is 0 Å². The Bertz CT molecular complexity index is 516. The van der Waals surface area contributed by atoms with E-state index >= 15 is 0 Å². The van der Waals surface area contributed by atoms with Gasteiger partial charge in [-0.25, -0.2) is 9.78 Å². The Morgan fingerprint density at radius 1 is 1.55 bits per heavy atom. The van der Waals surface area contributed by atoms with E-state index in [1.165, 1.54) is 6.42 Å². The smallest absolute Gasteiger partial charge is 0.339 e. The Labute approximate surface area is 120 Å². The van der Waals surface area contributed by atoms with Crippen LogP contribution in [-0.2, 0) is 0 Å². The number of rotatable bonds is 4. The Hall–Kier alpha value is -1.62. The first-order chi connectivity index (χ1) is 9.40. The van der Waals surface area contributed by atoms with E-state index in [1.807, 2.05) is 31.9 Å². The average molecular weight is 277 g/mol. The summed E-state index contributed by atoms with van der Waals surface area (Å²) in [5.41, 5.74) is 1.94. The molecule has 2 rings (SSSR count). The summed E-state index contributed by atoms with van der Waals surface area (Å²) in [5.74, 6) is -0.327. The number of likely N-dealkylation sites (N-methyl/N-ethyl adjacent to an activating group) is 2. The number of pyridine rings is 1. The quantitative estimate of drug-likeness (QED) is 0.911. The van der Waals surface area contributed by atoms with Crippen molar-refractivity contribution in [1.82, 2.24) is 9.88 Å². The summed E-state index contributed by atoms with van der Waals surface area (Å²) in [7, 11) is 4.05. The van der Waals surface area contributed by atoms with Gasteiger partial charge in [-0.05, 0) is 51.9 Å². The third-order valence-electron chi connectivity index (χ3n) is 4.06. The summed E-state index contributed by atoms with van der Waals surface area (Å²) in [6.45, 7) is 5.66. The molecular weight excluding hydrogens is 254 g/mol. The van der Waals surface area contributed by atoms with Crippen LogP contribution in [0.15, 0.2) is 6.07 Å². The molecule has 1 saturated heterocycles. The van der Waals surface area contributed by atoms with Gasteiger partial charge in [-0.2, -0.15) is 0 Å². The van der Waals surface area contributed by atoms with Gasteiger partial charge >= 0.3 is 5.97 Å². The fraction of sp³-hybridized carbons (Fsp3) is 0.600. The zero-order valence-electron chi connectivity index (χ0n) is 12.7. The molecule has 0 aromatic carbocycles. The summed E-state index contributed by atoms with van der Waals surface area (Å²) < 4.78 is 0. The molecule has 1 unspecified atom stereocenters. The number of hydrogen-bond donors (Lipinski definition) is 1. The zero-order valence-corrected chi connectivity index (χ0v) is 12.7. The molecule has 110 valence electrons. The van der Waals surface area contributed by atoms with Gasteiger partial charge in [0, 0.05) is 25.3 Å². The SMILES string of the molecule is Cc1cc(C)c(C(=O)O)c(N(C)CC2CCCN2C)n1. The second kappa shape index (κ2) is 5.79. The van der Waals surface area contributed by atoms with Crippen LogP contribution in [0.25, 0.3) is 0 Å². The number of carboxylic acid groups (broad SMARTS) is 1. The molecule has 0 bridgehead atoms. The van der Waals surface area contributed by atoms with Gasteiger partial charge in [-0.1, -0.05) is 0 Å². The Balaban J connectivity index is 2.28. The molecule has 1 aromatic rings. The molecule has 0 spiro atoms. The summed E-state index contributed by atoms with van der Waals surface area (Å²) in [5, 5.41) is 9.42. The zero-order chi connectivity index (χ0) is 14.9. The third-order valence-corrected chi connectivity index (χ3v) is 4.06. The number of aryl methyl sites for hydroxylation is 2. The highest BCUT2D eigenvalue weighted by molar-refractivity contribution is 5.95. The number of anilines is 1. The topological polar surface area (TPSA) is 56.7 Å². The van der Waals surface area contributed by atoms with Crippen molar-refractivity contribution in [3.05, 3.63) is 22.9 Å². The van der Waals surface area contributed by atoms with Crippen molar-refractivity contribution in [3.8, 4) is 0 Å². The summed E-state index contributed by atoms with van der Waals surface area (Å²) in [6, 6.07) is 2.30. The van der Waals surface area contributed by atoms with Crippen molar-refractivity contribution in [2.45, 2.75) is 32.7 Å². The van der Waals surface area contributed by atoms with Crippen LogP contribution >= 0.6 is 0 Å². The maximum Gasteiger partial charge on any atom is 0.339 e. The largest absolute Gasteiger partial charge is 0.478 e. The molecule has 20 heavy (non-hydrogen) atoms. The molecule has 1 N–H and O–H groups in total. The molecule has 1 aliphatic heterocycles. The van der Waals surface area contributed by atoms with Crippen LogP contribution in [0.1, 0.15) is 34.5 Å². The lowest BCUT2D eigenvalue weighted by Crippen LogP contribution is -2.37. The standard InChI is InChI=1S/C15H23N3O2/c1-10-8-11(2)16-14(13(10)15(19)20)18(4)9-12-6-5-7-17(12)3/h8,12H,5-7,9H2,1-4H3,(H,19,20). The number of carbonyl (C=O) groups is 1. The van der Waals surface area contributed by atoms with E-state index < -0.39 is 5.97 Å². The minimum absolute atomic E-state index is 0.318. The van der Waals surface area contributed by atoms with Crippen molar-refractivity contribution in [2.75, 3.05) is 32.1 Å². The Morgan fingerprint density at radius 3 is 2.80 bits per heavy atom. The second-order valence-electron chi connectivity index (χ2n) is 5.74. The van der Waals surface area contributed by atoms with Crippen LogP contribution in [0.2, 0.25) is 0 Å². The van der Waals surface area contributed by atoms with E-state index in [0.717, 1.165) is 30.8 Å². The van der Waals surface area contributed by atoms with E-state index in [4.69, 9.17) is 0 Å². The van der Waals surface area contributed by atoms with E-state index in [2.05, 4.69) is 16.9 Å². The van der Waals surface area contributed by atoms with E-state index in [-0.39, 0.29) is 0 Å². The van der Waals surface area contributed by atoms with E-state index in [0.29, 0.717) is 17.4 Å². The molecule has 2 heterocycles. The minimum Gasteiger partial charge on any atom is -0.478 e. The predicted molar refractivity (Wildman–Crippen MR) is 79.6 cm³/mol. The maximum absolute atomic E-state index is 11.5. The summed E-state index contributed by atoms with van der Waals surface area (Å²) >= 11 is 0.